The van der Waals surface area contributed by atoms with Crippen LogP contribution in [0, 0.1) is 0 Å². The third kappa shape index (κ3) is 45.6. The van der Waals surface area contributed by atoms with Crippen LogP contribution in [0.25, 0.3) is 0 Å². The summed E-state index contributed by atoms with van der Waals surface area (Å²) in [7, 11) is -4.48. The molecule has 0 aromatic heterocycles. The molecule has 0 aliphatic rings. The normalized spacial score (nSPS) is 9.92. The van der Waals surface area contributed by atoms with Gasteiger partial charge >= 0.3 is 29.6 Å². The van der Waals surface area contributed by atoms with Crippen molar-refractivity contribution in [3.05, 3.63) is 13.2 Å². The first kappa shape index (κ1) is 33.2. The van der Waals surface area contributed by atoms with Crippen LogP contribution in [0.5, 0.6) is 0 Å². The second-order valence-corrected chi connectivity index (χ2v) is 6.25. The molecule has 0 aliphatic heterocycles. The summed E-state index contributed by atoms with van der Waals surface area (Å²) in [5, 5.41) is 0. The van der Waals surface area contributed by atoms with Crippen molar-refractivity contribution in [3.8, 4) is 0 Å². The van der Waals surface area contributed by atoms with Crippen LogP contribution in [0.1, 0.15) is 85.0 Å². The summed E-state index contributed by atoms with van der Waals surface area (Å²) in [6, 6.07) is 0. The molecule has 0 rings (SSSR count). The van der Waals surface area contributed by atoms with Crippen molar-refractivity contribution in [2.45, 2.75) is 85.0 Å². The van der Waals surface area contributed by atoms with Gasteiger partial charge in [-0.25, -0.2) is 8.42 Å². The van der Waals surface area contributed by atoms with Crippen LogP contribution < -0.4 is 29.6 Å². The summed E-state index contributed by atoms with van der Waals surface area (Å²) < 4.78 is 39.3. The third-order valence-electron chi connectivity index (χ3n) is 3.13. The molecule has 0 atom stereocenters. The van der Waals surface area contributed by atoms with E-state index in [1.807, 2.05) is 13.8 Å². The Hall–Kier alpha value is 0.570. The summed E-state index contributed by atoms with van der Waals surface area (Å²) in [5.41, 5.74) is 0. The van der Waals surface area contributed by atoms with Gasteiger partial charge in [0, 0.05) is 13.2 Å². The minimum Gasteiger partial charge on any atom is -0.726 e. The number of hydrogen-bond acceptors (Lipinski definition) is 5. The molecule has 0 saturated heterocycles. The van der Waals surface area contributed by atoms with Crippen LogP contribution in [-0.4, -0.2) is 32.8 Å². The van der Waals surface area contributed by atoms with Crippen LogP contribution in [0.15, 0.2) is 13.2 Å². The minimum absolute atomic E-state index is 0. The zero-order valence-corrected chi connectivity index (χ0v) is 19.9. The number of unbranched alkanes of at least 4 members (excludes halogenated alkanes) is 9. The molecule has 148 valence electrons. The maximum Gasteiger partial charge on any atom is 1.00 e. The molecule has 0 saturated carbocycles. The van der Waals surface area contributed by atoms with Gasteiger partial charge in [0.25, 0.3) is 0 Å². The van der Waals surface area contributed by atoms with Crippen molar-refractivity contribution in [3.63, 3.8) is 0 Å². The Morgan fingerprint density at radius 3 is 1.40 bits per heavy atom. The van der Waals surface area contributed by atoms with Gasteiger partial charge in [0.1, 0.15) is 0 Å². The monoisotopic (exact) mass is 390 g/mol. The van der Waals surface area contributed by atoms with Crippen LogP contribution >= 0.6 is 0 Å². The fraction of sp³-hybridized carbons (Fsp3) is 0.889. The molecule has 0 amide bonds. The predicted molar refractivity (Wildman–Crippen MR) is 101 cm³/mol. The van der Waals surface area contributed by atoms with Crippen LogP contribution in [0.4, 0.5) is 0 Å². The van der Waals surface area contributed by atoms with Crippen molar-refractivity contribution < 1.29 is 51.4 Å². The molecule has 25 heavy (non-hydrogen) atoms. The summed E-state index contributed by atoms with van der Waals surface area (Å²) in [6.45, 7) is 13.9. The van der Waals surface area contributed by atoms with E-state index in [2.05, 4.69) is 24.3 Å². The van der Waals surface area contributed by atoms with E-state index >= 15 is 0 Å². The SMILES string of the molecule is C=C.CCCCCCCCCCCCOS(=O)(=O)[O-].CCOCC.[Na+]. The molecule has 0 N–H and O–H groups in total. The van der Waals surface area contributed by atoms with Gasteiger partial charge in [-0.2, -0.15) is 0 Å². The van der Waals surface area contributed by atoms with E-state index in [9.17, 15) is 13.0 Å². The molecule has 5 nitrogen and oxygen atoms in total. The van der Waals surface area contributed by atoms with E-state index in [0.29, 0.717) is 6.42 Å². The fourth-order valence-electron chi connectivity index (χ4n) is 1.95. The molecule has 0 heterocycles. The molecule has 0 bridgehead atoms. The number of ether oxygens (including phenoxy) is 1. The van der Waals surface area contributed by atoms with E-state index in [1.54, 1.807) is 0 Å². The molecular weight excluding hydrogens is 351 g/mol. The smallest absolute Gasteiger partial charge is 0.726 e. The van der Waals surface area contributed by atoms with Gasteiger partial charge in [-0.1, -0.05) is 64.7 Å². The van der Waals surface area contributed by atoms with Crippen LogP contribution in [0.2, 0.25) is 0 Å². The van der Waals surface area contributed by atoms with Crippen LogP contribution in [0.3, 0.4) is 0 Å². The van der Waals surface area contributed by atoms with Gasteiger partial charge in [0.05, 0.1) is 6.61 Å². The molecule has 0 aliphatic carbocycles. The Labute approximate surface area is 179 Å². The van der Waals surface area contributed by atoms with E-state index in [4.69, 9.17) is 4.74 Å². The zero-order chi connectivity index (χ0) is 19.1. The average molecular weight is 391 g/mol. The fourth-order valence-corrected chi connectivity index (χ4v) is 2.28. The van der Waals surface area contributed by atoms with Crippen LogP contribution in [-0.2, 0) is 19.3 Å². The Bertz CT molecular complexity index is 309. The quantitative estimate of drug-likeness (QED) is 0.149. The molecule has 0 aromatic rings. The Morgan fingerprint density at radius 2 is 1.12 bits per heavy atom. The summed E-state index contributed by atoms with van der Waals surface area (Å²) in [5.74, 6) is 0. The van der Waals surface area contributed by atoms with Crippen molar-refractivity contribution in [2.24, 2.45) is 0 Å². The van der Waals surface area contributed by atoms with Gasteiger partial charge in [0.2, 0.25) is 10.4 Å². The van der Waals surface area contributed by atoms with E-state index in [-0.39, 0.29) is 36.2 Å². The minimum atomic E-state index is -4.48. The molecule has 0 spiro atoms. The number of hydrogen-bond donors (Lipinski definition) is 0. The predicted octanol–water partition coefficient (Wildman–Crippen LogP) is 2.23. The van der Waals surface area contributed by atoms with E-state index in [1.165, 1.54) is 44.9 Å². The maximum absolute atomic E-state index is 10.1. The number of rotatable bonds is 14. The Balaban J connectivity index is -0.000000236. The summed E-state index contributed by atoms with van der Waals surface area (Å²) in [4.78, 5) is 0. The second kappa shape index (κ2) is 29.3. The zero-order valence-electron chi connectivity index (χ0n) is 17.1. The van der Waals surface area contributed by atoms with E-state index < -0.39 is 10.4 Å². The molecule has 0 aromatic carbocycles. The summed E-state index contributed by atoms with van der Waals surface area (Å²) >= 11 is 0. The Kier molecular flexibility index (Phi) is 38.9. The molecule has 0 unspecified atom stereocenters. The van der Waals surface area contributed by atoms with Gasteiger partial charge in [0.15, 0.2) is 0 Å². The van der Waals surface area contributed by atoms with Gasteiger partial charge in [-0.15, -0.1) is 13.2 Å². The molecular formula is C18H39NaO5S. The van der Waals surface area contributed by atoms with Crippen molar-refractivity contribution in [1.29, 1.82) is 0 Å². The first-order valence-corrected chi connectivity index (χ1v) is 10.5. The topological polar surface area (TPSA) is 75.7 Å². The standard InChI is InChI=1S/C12H26O4S.C4H10O.C2H4.Na/c1-2-3-4-5-6-7-8-9-10-11-12-16-17(13,14)15;1-3-5-4-2;1-2;/h2-12H2,1H3,(H,13,14,15);3-4H2,1-2H3;1-2H2;/q;;;+1/p-1. The molecule has 7 heteroatoms. The van der Waals surface area contributed by atoms with Crippen molar-refractivity contribution >= 4 is 10.4 Å². The maximum atomic E-state index is 10.1. The molecule has 0 fully saturated rings. The second-order valence-electron chi connectivity index (χ2n) is 5.19. The van der Waals surface area contributed by atoms with E-state index in [0.717, 1.165) is 26.1 Å². The van der Waals surface area contributed by atoms with Gasteiger partial charge < -0.3 is 9.29 Å². The molecule has 0 radical (unpaired) electrons. The summed E-state index contributed by atoms with van der Waals surface area (Å²) in [6.07, 6.45) is 11.7. The third-order valence-corrected chi connectivity index (χ3v) is 3.59. The van der Waals surface area contributed by atoms with Gasteiger partial charge in [-0.3, -0.25) is 4.18 Å². The van der Waals surface area contributed by atoms with Gasteiger partial charge in [-0.05, 0) is 20.3 Å². The van der Waals surface area contributed by atoms with Crippen molar-refractivity contribution in [2.75, 3.05) is 19.8 Å². The first-order valence-electron chi connectivity index (χ1n) is 9.15. The average Bonchev–Trinajstić information content (AvgIpc) is 2.55. The largest absolute Gasteiger partial charge is 1.00 e. The Morgan fingerprint density at radius 1 is 0.760 bits per heavy atom. The first-order chi connectivity index (χ1) is 11.5. The van der Waals surface area contributed by atoms with Crippen molar-refractivity contribution in [1.82, 2.24) is 0 Å².